The average molecular weight is 811 g/mol. The number of fused-ring (bicyclic) bond motifs is 7. The van der Waals surface area contributed by atoms with Crippen molar-refractivity contribution in [3.05, 3.63) is 270 Å². The summed E-state index contributed by atoms with van der Waals surface area (Å²) in [5.74, 6) is -0.908. The number of aromatic nitrogens is 6. The van der Waals surface area contributed by atoms with Crippen LogP contribution in [0.3, 0.4) is 0 Å². The quantitative estimate of drug-likeness (QED) is 0.176. The van der Waals surface area contributed by atoms with Crippen molar-refractivity contribution in [1.82, 2.24) is 27.9 Å². The molecule has 10 nitrogen and oxygen atoms in total. The van der Waals surface area contributed by atoms with E-state index < -0.39 is 51.3 Å². The van der Waals surface area contributed by atoms with Crippen LogP contribution in [-0.4, -0.2) is 27.9 Å². The molecule has 10 heteroatoms. The molecule has 4 heterocycles. The highest BCUT2D eigenvalue weighted by molar-refractivity contribution is 5.60. The van der Waals surface area contributed by atoms with E-state index in [1.54, 1.807) is 43.0 Å². The van der Waals surface area contributed by atoms with Crippen LogP contribution in [0.25, 0.3) is 11.4 Å². The Balaban J connectivity index is 1.17. The molecule has 5 aliphatic rings. The summed E-state index contributed by atoms with van der Waals surface area (Å²) in [5.41, 5.74) is 0.312. The molecule has 3 aliphatic carbocycles. The van der Waals surface area contributed by atoms with Crippen LogP contribution in [0.15, 0.2) is 225 Å². The van der Waals surface area contributed by atoms with Crippen LogP contribution in [-0.2, 0) is 11.1 Å². The van der Waals surface area contributed by atoms with Crippen molar-refractivity contribution < 1.29 is 0 Å². The molecule has 6 atom stereocenters. The first-order chi connectivity index (χ1) is 30.5. The Morgan fingerprint density at radius 3 is 1.34 bits per heavy atom. The first-order valence-electron chi connectivity index (χ1n) is 21.2. The van der Waals surface area contributed by atoms with Crippen LogP contribution in [0.5, 0.6) is 0 Å². The van der Waals surface area contributed by atoms with Crippen LogP contribution in [0.4, 0.5) is 0 Å². The fraction of sp³-hybridized carbons (Fsp3) is 0.154. The first kappa shape index (κ1) is 35.1. The van der Waals surface area contributed by atoms with E-state index in [1.807, 2.05) is 133 Å². The molecular formula is C52H38N6O4. The average Bonchev–Trinajstić information content (AvgIpc) is 4.16. The summed E-state index contributed by atoms with van der Waals surface area (Å²) in [7, 11) is 0. The minimum atomic E-state index is -1.22. The molecule has 1 saturated carbocycles. The molecule has 8 aromatic rings. The summed E-state index contributed by atoms with van der Waals surface area (Å²) in [6.07, 6.45) is 6.85. The van der Waals surface area contributed by atoms with Gasteiger partial charge in [-0.2, -0.15) is 0 Å². The highest BCUT2D eigenvalue weighted by atomic mass is 16.2. The van der Waals surface area contributed by atoms with Gasteiger partial charge in [0.15, 0.2) is 0 Å². The first-order valence-corrected chi connectivity index (χ1v) is 21.2. The van der Waals surface area contributed by atoms with Gasteiger partial charge in [-0.3, -0.25) is 0 Å². The third kappa shape index (κ3) is 3.84. The lowest BCUT2D eigenvalue weighted by atomic mass is 9.57. The fourth-order valence-corrected chi connectivity index (χ4v) is 13.0. The molecule has 6 aromatic carbocycles. The van der Waals surface area contributed by atoms with Gasteiger partial charge in [-0.05, 0) is 58.0 Å². The molecule has 0 saturated heterocycles. The van der Waals surface area contributed by atoms with E-state index in [9.17, 15) is 0 Å². The van der Waals surface area contributed by atoms with Crippen LogP contribution in [0.1, 0.15) is 34.3 Å². The molecule has 13 rings (SSSR count). The van der Waals surface area contributed by atoms with E-state index in [1.165, 1.54) is 9.13 Å². The van der Waals surface area contributed by atoms with Gasteiger partial charge >= 0.3 is 22.8 Å². The Bertz CT molecular complexity index is 3340. The van der Waals surface area contributed by atoms with Crippen molar-refractivity contribution in [1.29, 1.82) is 0 Å². The lowest BCUT2D eigenvalue weighted by molar-refractivity contribution is 0.145. The highest BCUT2D eigenvalue weighted by Gasteiger charge is 2.80. The second-order valence-corrected chi connectivity index (χ2v) is 17.2. The number of allylic oxidation sites excluding steroid dienone is 4. The summed E-state index contributed by atoms with van der Waals surface area (Å²) in [5, 5.41) is 0. The van der Waals surface area contributed by atoms with Gasteiger partial charge in [0.1, 0.15) is 11.1 Å². The Morgan fingerprint density at radius 2 is 0.855 bits per heavy atom. The monoisotopic (exact) mass is 810 g/mol. The Morgan fingerprint density at radius 1 is 0.435 bits per heavy atom. The minimum Gasteiger partial charge on any atom is -0.245 e. The predicted octanol–water partition coefficient (Wildman–Crippen LogP) is 6.67. The number of hydrogen-bond acceptors (Lipinski definition) is 4. The van der Waals surface area contributed by atoms with Crippen molar-refractivity contribution in [3.63, 3.8) is 0 Å². The Labute approximate surface area is 354 Å². The van der Waals surface area contributed by atoms with Crippen LogP contribution < -0.4 is 22.8 Å². The van der Waals surface area contributed by atoms with Gasteiger partial charge in [0.25, 0.3) is 0 Å². The number of rotatable bonds is 6. The molecule has 2 aliphatic heterocycles. The fourth-order valence-electron chi connectivity index (χ4n) is 13.0. The topological polar surface area (TPSA) is 97.9 Å². The molecule has 0 spiro atoms. The number of para-hydroxylation sites is 2. The van der Waals surface area contributed by atoms with Crippen molar-refractivity contribution in [2.75, 3.05) is 0 Å². The van der Waals surface area contributed by atoms with Gasteiger partial charge in [0.05, 0.1) is 28.9 Å². The number of nitrogens with zero attached hydrogens (tertiary/aromatic N) is 6. The second-order valence-electron chi connectivity index (χ2n) is 17.2. The standard InChI is InChI=1S/C52H38N6O4/c59-46-53(38-27-15-5-16-28-38)48(61)57-51(34-19-7-1-8-20-34,35-21-9-2-10-22-35)42-33-41-43(44(42)55(46)57)40-31-32-50(41)45(40)56-47(60)54(39-29-17-6-18-30-39)49(62)58(56)52(50,36-23-11-3-12-24-36)37-25-13-4-14-26-37/h1-33,40-41,43-45H/t40-,41-,43-,44?,45?,50-/m0/s1. The summed E-state index contributed by atoms with van der Waals surface area (Å²) >= 11 is 0. The predicted molar refractivity (Wildman–Crippen MR) is 235 cm³/mol. The van der Waals surface area contributed by atoms with E-state index in [2.05, 4.69) is 42.5 Å². The van der Waals surface area contributed by atoms with E-state index >= 15 is 19.2 Å². The molecule has 0 N–H and O–H groups in total. The van der Waals surface area contributed by atoms with Crippen molar-refractivity contribution >= 4 is 0 Å². The van der Waals surface area contributed by atoms with Crippen molar-refractivity contribution in [2.24, 2.45) is 23.2 Å². The Hall–Kier alpha value is -7.72. The number of benzene rings is 6. The third-order valence-corrected chi connectivity index (χ3v) is 14.9. The maximum atomic E-state index is 15.5. The largest absolute Gasteiger partial charge is 0.353 e. The third-order valence-electron chi connectivity index (χ3n) is 14.9. The highest BCUT2D eigenvalue weighted by Crippen LogP contribution is 2.78. The van der Waals surface area contributed by atoms with Gasteiger partial charge in [-0.15, -0.1) is 0 Å². The molecule has 0 amide bonds. The summed E-state index contributed by atoms with van der Waals surface area (Å²) in [4.78, 5) is 61.6. The Kier molecular flexibility index (Phi) is 6.90. The van der Waals surface area contributed by atoms with E-state index in [4.69, 9.17) is 0 Å². The zero-order chi connectivity index (χ0) is 41.5. The molecule has 2 aromatic heterocycles. The SMILES string of the molecule is O=c1n(-c2ccccc2)c(=O)n2n1C1C(=C[C@H]3[C@@H]1[C@@H]1C=C[C@@]34C1n1c(=O)n(-c3ccccc3)c(=O)n1C4(c1ccccc1)c1ccccc1)C2(c1ccccc1)c1ccccc1. The van der Waals surface area contributed by atoms with E-state index in [-0.39, 0.29) is 17.8 Å². The second kappa shape index (κ2) is 12.2. The van der Waals surface area contributed by atoms with Crippen molar-refractivity contribution in [3.8, 4) is 11.4 Å². The normalized spacial score (nSPS) is 24.9. The van der Waals surface area contributed by atoms with Crippen LogP contribution in [0.2, 0.25) is 0 Å². The molecule has 62 heavy (non-hydrogen) atoms. The van der Waals surface area contributed by atoms with E-state index in [0.29, 0.717) is 11.4 Å². The number of hydrogen-bond donors (Lipinski definition) is 0. The smallest absolute Gasteiger partial charge is 0.245 e. The maximum Gasteiger partial charge on any atom is 0.353 e. The lowest BCUT2D eigenvalue weighted by Gasteiger charge is -2.47. The summed E-state index contributed by atoms with van der Waals surface area (Å²) in [6, 6.07) is 57.4. The van der Waals surface area contributed by atoms with Gasteiger partial charge < -0.3 is 0 Å². The summed E-state index contributed by atoms with van der Waals surface area (Å²) in [6.45, 7) is 0. The van der Waals surface area contributed by atoms with Crippen LogP contribution >= 0.6 is 0 Å². The van der Waals surface area contributed by atoms with Gasteiger partial charge in [-0.25, -0.2) is 47.0 Å². The maximum absolute atomic E-state index is 15.5. The molecule has 2 unspecified atom stereocenters. The molecule has 0 radical (unpaired) electrons. The van der Waals surface area contributed by atoms with Gasteiger partial charge in [0.2, 0.25) is 0 Å². The molecular weight excluding hydrogens is 773 g/mol. The zero-order valence-corrected chi connectivity index (χ0v) is 33.3. The minimum absolute atomic E-state index is 0.285. The zero-order valence-electron chi connectivity index (χ0n) is 33.3. The molecule has 2 bridgehead atoms. The van der Waals surface area contributed by atoms with E-state index in [0.717, 1.165) is 27.8 Å². The lowest BCUT2D eigenvalue weighted by Crippen LogP contribution is -2.54. The molecule has 1 fully saturated rings. The van der Waals surface area contributed by atoms with Gasteiger partial charge in [0, 0.05) is 11.8 Å². The van der Waals surface area contributed by atoms with Gasteiger partial charge in [-0.1, -0.05) is 176 Å². The van der Waals surface area contributed by atoms with Crippen molar-refractivity contribution in [2.45, 2.75) is 23.2 Å². The summed E-state index contributed by atoms with van der Waals surface area (Å²) < 4.78 is 9.53. The van der Waals surface area contributed by atoms with Crippen LogP contribution in [0, 0.1) is 23.2 Å². The molecule has 300 valence electrons.